The number of quaternary nitrogens is 1. The molecule has 0 amide bonds. The Morgan fingerprint density at radius 3 is 2.06 bits per heavy atom. The molecule has 0 unspecified atom stereocenters. The van der Waals surface area contributed by atoms with Crippen molar-refractivity contribution in [2.24, 2.45) is 0 Å². The molecule has 0 heterocycles. The smallest absolute Gasteiger partial charge is 0.102 e. The molecule has 0 atom stereocenters. The second-order valence-corrected chi connectivity index (χ2v) is 4.68. The van der Waals surface area contributed by atoms with Gasteiger partial charge in [-0.25, -0.2) is 0 Å². The van der Waals surface area contributed by atoms with E-state index < -0.39 is 0 Å². The van der Waals surface area contributed by atoms with Crippen LogP contribution in [0.4, 0.5) is 0 Å². The van der Waals surface area contributed by atoms with Crippen LogP contribution in [-0.2, 0) is 14.2 Å². The maximum absolute atomic E-state index is 8.77. The van der Waals surface area contributed by atoms with Crippen LogP contribution in [0.1, 0.15) is 6.42 Å². The Balaban J connectivity index is 3.26. The van der Waals surface area contributed by atoms with Gasteiger partial charge in [-0.15, -0.1) is 0 Å². The highest BCUT2D eigenvalue weighted by molar-refractivity contribution is 4.37. The van der Waals surface area contributed by atoms with Gasteiger partial charge in [-0.2, -0.15) is 0 Å². The minimum atomic E-state index is 0.260. The summed E-state index contributed by atoms with van der Waals surface area (Å²) in [6.07, 6.45) is 0.840. The van der Waals surface area contributed by atoms with Crippen molar-refractivity contribution >= 4 is 0 Å². The molecule has 0 aliphatic carbocycles. The number of hydrogen-bond acceptors (Lipinski definition) is 4. The van der Waals surface area contributed by atoms with Crippen molar-refractivity contribution in [3.63, 3.8) is 0 Å². The number of aliphatic hydroxyl groups excluding tert-OH is 1. The van der Waals surface area contributed by atoms with Gasteiger partial charge in [0.1, 0.15) is 6.54 Å². The van der Waals surface area contributed by atoms with E-state index in [-0.39, 0.29) is 6.61 Å². The lowest BCUT2D eigenvalue weighted by molar-refractivity contribution is -0.891. The summed E-state index contributed by atoms with van der Waals surface area (Å²) in [6.45, 7) is 5.42. The quantitative estimate of drug-likeness (QED) is 0.395. The Labute approximate surface area is 105 Å². The summed E-state index contributed by atoms with van der Waals surface area (Å²) in [6, 6.07) is 0. The molecule has 0 saturated carbocycles. The van der Waals surface area contributed by atoms with E-state index >= 15 is 0 Å². The van der Waals surface area contributed by atoms with Gasteiger partial charge in [0, 0.05) is 20.1 Å². The SMILES string of the molecule is COCCOCCOCC[N+](C)(C)CCCO. The topological polar surface area (TPSA) is 47.9 Å². The number of ether oxygens (including phenoxy) is 3. The molecule has 5 nitrogen and oxygen atoms in total. The third-order valence-electron chi connectivity index (χ3n) is 2.57. The van der Waals surface area contributed by atoms with Crippen molar-refractivity contribution in [1.29, 1.82) is 0 Å². The highest BCUT2D eigenvalue weighted by atomic mass is 16.5. The maximum Gasteiger partial charge on any atom is 0.102 e. The first-order valence-corrected chi connectivity index (χ1v) is 6.19. The lowest BCUT2D eigenvalue weighted by atomic mass is 10.3. The molecule has 0 fully saturated rings. The van der Waals surface area contributed by atoms with Crippen LogP contribution in [0.5, 0.6) is 0 Å². The van der Waals surface area contributed by atoms with Crippen LogP contribution in [0.2, 0.25) is 0 Å². The van der Waals surface area contributed by atoms with Crippen LogP contribution in [0.25, 0.3) is 0 Å². The predicted molar refractivity (Wildman–Crippen MR) is 67.1 cm³/mol. The number of aliphatic hydroxyl groups is 1. The van der Waals surface area contributed by atoms with E-state index in [0.717, 1.165) is 30.6 Å². The van der Waals surface area contributed by atoms with Gasteiger partial charge >= 0.3 is 0 Å². The molecule has 0 spiro atoms. The first-order chi connectivity index (χ1) is 8.12. The number of likely N-dealkylation sites (N-methyl/N-ethyl adjacent to an activating group) is 1. The molecule has 1 N–H and O–H groups in total. The summed E-state index contributed by atoms with van der Waals surface area (Å²) in [5, 5.41) is 8.77. The van der Waals surface area contributed by atoms with Crippen molar-refractivity contribution in [2.75, 3.05) is 73.9 Å². The average molecular weight is 250 g/mol. The van der Waals surface area contributed by atoms with Crippen LogP contribution in [-0.4, -0.2) is 83.5 Å². The largest absolute Gasteiger partial charge is 0.396 e. The third-order valence-corrected chi connectivity index (χ3v) is 2.57. The Morgan fingerprint density at radius 2 is 1.47 bits per heavy atom. The lowest BCUT2D eigenvalue weighted by Gasteiger charge is -2.29. The van der Waals surface area contributed by atoms with Gasteiger partial charge in [0.25, 0.3) is 0 Å². The first kappa shape index (κ1) is 16.8. The van der Waals surface area contributed by atoms with Crippen molar-refractivity contribution in [3.8, 4) is 0 Å². The van der Waals surface area contributed by atoms with E-state index in [9.17, 15) is 0 Å². The fourth-order valence-electron chi connectivity index (χ4n) is 1.39. The minimum Gasteiger partial charge on any atom is -0.396 e. The van der Waals surface area contributed by atoms with Gasteiger partial charge < -0.3 is 23.8 Å². The molecule has 0 bridgehead atoms. The summed E-state index contributed by atoms with van der Waals surface area (Å²) in [7, 11) is 5.95. The number of methoxy groups -OCH3 is 1. The van der Waals surface area contributed by atoms with E-state index in [1.54, 1.807) is 7.11 Å². The number of rotatable bonds is 12. The van der Waals surface area contributed by atoms with Crippen molar-refractivity contribution in [2.45, 2.75) is 6.42 Å². The number of hydrogen-bond donors (Lipinski definition) is 1. The Hall–Kier alpha value is -0.200. The van der Waals surface area contributed by atoms with E-state index in [1.165, 1.54) is 0 Å². The standard InChI is InChI=1S/C12H28NO4/c1-13(2,5-4-7-14)6-8-16-11-12-17-10-9-15-3/h14H,4-12H2,1-3H3/q+1. The lowest BCUT2D eigenvalue weighted by Crippen LogP contribution is -2.43. The van der Waals surface area contributed by atoms with Crippen LogP contribution >= 0.6 is 0 Å². The zero-order valence-corrected chi connectivity index (χ0v) is 11.5. The van der Waals surface area contributed by atoms with Gasteiger partial charge in [-0.05, 0) is 0 Å². The molecular formula is C12H28NO4+. The summed E-state index contributed by atoms with van der Waals surface area (Å²) < 4.78 is 16.5. The van der Waals surface area contributed by atoms with Crippen molar-refractivity contribution in [3.05, 3.63) is 0 Å². The molecule has 0 radical (unpaired) electrons. The maximum atomic E-state index is 8.77. The van der Waals surface area contributed by atoms with Gasteiger partial charge in [0.2, 0.25) is 0 Å². The minimum absolute atomic E-state index is 0.260. The normalized spacial score (nSPS) is 12.0. The zero-order chi connectivity index (χ0) is 13.0. The van der Waals surface area contributed by atoms with Gasteiger partial charge in [-0.3, -0.25) is 0 Å². The molecule has 17 heavy (non-hydrogen) atoms. The van der Waals surface area contributed by atoms with Crippen LogP contribution < -0.4 is 0 Å². The molecule has 0 aromatic rings. The number of nitrogens with zero attached hydrogens (tertiary/aromatic N) is 1. The average Bonchev–Trinajstić information content (AvgIpc) is 2.30. The second-order valence-electron chi connectivity index (χ2n) is 4.68. The van der Waals surface area contributed by atoms with E-state index in [4.69, 9.17) is 19.3 Å². The first-order valence-electron chi connectivity index (χ1n) is 6.19. The summed E-state index contributed by atoms with van der Waals surface area (Å²) in [4.78, 5) is 0. The molecule has 0 aromatic heterocycles. The monoisotopic (exact) mass is 250 g/mol. The Morgan fingerprint density at radius 1 is 0.882 bits per heavy atom. The fourth-order valence-corrected chi connectivity index (χ4v) is 1.39. The Kier molecular flexibility index (Phi) is 10.8. The predicted octanol–water partition coefficient (Wildman–Crippen LogP) is 0.125. The molecule has 0 aliphatic rings. The third kappa shape index (κ3) is 12.1. The molecule has 5 heteroatoms. The highest BCUT2D eigenvalue weighted by Crippen LogP contribution is 1.98. The summed E-state index contributed by atoms with van der Waals surface area (Å²) >= 11 is 0. The van der Waals surface area contributed by atoms with Gasteiger partial charge in [0.05, 0.1) is 53.7 Å². The van der Waals surface area contributed by atoms with E-state index in [0.29, 0.717) is 26.4 Å². The summed E-state index contributed by atoms with van der Waals surface area (Å²) in [5.74, 6) is 0. The molecule has 104 valence electrons. The zero-order valence-electron chi connectivity index (χ0n) is 11.5. The molecule has 0 aromatic carbocycles. The van der Waals surface area contributed by atoms with Crippen LogP contribution in [0.3, 0.4) is 0 Å². The van der Waals surface area contributed by atoms with Crippen molar-refractivity contribution < 1.29 is 23.8 Å². The van der Waals surface area contributed by atoms with Crippen molar-refractivity contribution in [1.82, 2.24) is 0 Å². The molecular weight excluding hydrogens is 222 g/mol. The van der Waals surface area contributed by atoms with Gasteiger partial charge in [0.15, 0.2) is 0 Å². The van der Waals surface area contributed by atoms with E-state index in [2.05, 4.69) is 14.1 Å². The molecule has 0 rings (SSSR count). The van der Waals surface area contributed by atoms with Gasteiger partial charge in [-0.1, -0.05) is 0 Å². The van der Waals surface area contributed by atoms with Crippen LogP contribution in [0, 0.1) is 0 Å². The highest BCUT2D eigenvalue weighted by Gasteiger charge is 2.13. The summed E-state index contributed by atoms with van der Waals surface area (Å²) in [5.41, 5.74) is 0. The van der Waals surface area contributed by atoms with Crippen LogP contribution in [0.15, 0.2) is 0 Å². The van der Waals surface area contributed by atoms with E-state index in [1.807, 2.05) is 0 Å². The fraction of sp³-hybridized carbons (Fsp3) is 1.00. The molecule has 0 saturated heterocycles. The second kappa shape index (κ2) is 10.9. The Bertz CT molecular complexity index is 165. The molecule has 0 aliphatic heterocycles.